The van der Waals surface area contributed by atoms with Gasteiger partial charge in [0.25, 0.3) is 5.16 Å². The van der Waals surface area contributed by atoms with Crippen LogP contribution < -0.4 is 44.9 Å². The largest absolute Gasteiger partial charge is 0.506 e. The van der Waals surface area contributed by atoms with Gasteiger partial charge in [0.15, 0.2) is 37.6 Å². The fourth-order valence-corrected chi connectivity index (χ4v) is 13.5. The van der Waals surface area contributed by atoms with Crippen molar-refractivity contribution in [2.45, 2.75) is 147 Å². The Labute approximate surface area is 674 Å². The normalized spacial score (nSPS) is 17.1. The molecule has 115 heavy (non-hydrogen) atoms. The minimum Gasteiger partial charge on any atom is -0.506 e. The van der Waals surface area contributed by atoms with E-state index in [1.54, 1.807) is 48.7 Å². The molecule has 10 aromatic heterocycles. The molecule has 4 aliphatic rings. The molecule has 5 N–H and O–H groups in total. The van der Waals surface area contributed by atoms with Gasteiger partial charge in [-0.15, -0.1) is 45.9 Å². The lowest BCUT2D eigenvalue weighted by Crippen LogP contribution is -2.45. The number of nitrogens with zero attached hydrogens (tertiary/aromatic N) is 22. The minimum absolute atomic E-state index is 0.00268. The number of pyridine rings is 4. The molecule has 0 amide bonds. The lowest BCUT2D eigenvalue weighted by molar-refractivity contribution is -0.0402. The van der Waals surface area contributed by atoms with Gasteiger partial charge in [0.2, 0.25) is 39.6 Å². The van der Waals surface area contributed by atoms with Crippen molar-refractivity contribution in [3.63, 3.8) is 0 Å². The molecule has 4 aliphatic heterocycles. The van der Waals surface area contributed by atoms with Crippen LogP contribution in [-0.2, 0) is 28.8 Å². The average molecular weight is 1650 g/mol. The minimum atomic E-state index is -3.51. The van der Waals surface area contributed by atoms with Crippen molar-refractivity contribution >= 4 is 50.9 Å². The van der Waals surface area contributed by atoms with E-state index in [9.17, 15) is 22.3 Å². The summed E-state index contributed by atoms with van der Waals surface area (Å²) in [7, 11) is 1.04. The maximum Gasteiger partial charge on any atom is 0.267 e. The highest BCUT2D eigenvalue weighted by atomic mass is 35.5. The van der Waals surface area contributed by atoms with E-state index >= 15 is 0 Å². The van der Waals surface area contributed by atoms with E-state index in [1.165, 1.54) is 63.5 Å². The van der Waals surface area contributed by atoms with Crippen LogP contribution in [0.2, 0.25) is 10.0 Å². The van der Waals surface area contributed by atoms with Crippen LogP contribution in [0.3, 0.4) is 0 Å². The van der Waals surface area contributed by atoms with Crippen molar-refractivity contribution in [2.75, 3.05) is 109 Å². The van der Waals surface area contributed by atoms with E-state index in [-0.39, 0.29) is 71.1 Å². The van der Waals surface area contributed by atoms with Gasteiger partial charge in [0.05, 0.1) is 52.2 Å². The molecular formula is C74H94Cl2F2N26O10S. The summed E-state index contributed by atoms with van der Waals surface area (Å²) in [5, 5.41) is 64.6. The Morgan fingerprint density at radius 3 is 1.31 bits per heavy atom. The molecule has 0 spiro atoms. The Balaban J connectivity index is 0.000000154. The number of ether oxygens (including phenoxy) is 7. The highest BCUT2D eigenvalue weighted by Gasteiger charge is 2.32. The van der Waals surface area contributed by atoms with Crippen molar-refractivity contribution in [3.05, 3.63) is 108 Å². The van der Waals surface area contributed by atoms with E-state index in [2.05, 4.69) is 189 Å². The summed E-state index contributed by atoms with van der Waals surface area (Å²) < 4.78 is 89.9. The van der Waals surface area contributed by atoms with Crippen LogP contribution >= 0.6 is 23.2 Å². The van der Waals surface area contributed by atoms with Crippen LogP contribution in [0.15, 0.2) is 91.4 Å². The molecule has 14 heterocycles. The second-order valence-electron chi connectivity index (χ2n) is 30.4. The smallest absolute Gasteiger partial charge is 0.267 e. The fraction of sp³-hybridized carbons (Fsp3) is 0.486. The number of methoxy groups -OCH3 is 3. The molecule has 4 saturated heterocycles. The summed E-state index contributed by atoms with van der Waals surface area (Å²) in [5.41, 5.74) is 4.74. The van der Waals surface area contributed by atoms with E-state index in [0.29, 0.717) is 121 Å². The molecule has 0 aromatic carbocycles. The number of rotatable bonds is 23. The van der Waals surface area contributed by atoms with Gasteiger partial charge < -0.3 is 68.9 Å². The van der Waals surface area contributed by atoms with Crippen molar-refractivity contribution in [1.29, 1.82) is 0 Å². The Kier molecular flexibility index (Phi) is 28.7. The number of hydrogen-bond donors (Lipinski definition) is 5. The van der Waals surface area contributed by atoms with Crippen molar-refractivity contribution in [3.8, 4) is 90.8 Å². The molecule has 14 rings (SSSR count). The number of sulfone groups is 1. The molecule has 1 unspecified atom stereocenters. The number of aromatic nitrogens is 20. The van der Waals surface area contributed by atoms with E-state index in [4.69, 9.17) is 56.4 Å². The topological polar surface area (TPSA) is 418 Å². The Hall–Kier alpha value is -10.2. The SMILES string of the molecule is CC(C)(C)N[C@H]1CCN(c2ncc(-c3ncc(-c4cn[nH]c4F)cc3O)nn2)C1.COCOc1cc(-c2cn(C3CCCCO3)nc2F)cnc1-c1cnc(N2CC[C@H](NC(C)(C)C)C2)nn1.COCOc1cc(Cl)cnc1-c1cnc(N2CC[C@H](NC(C)(C)C)C2)nn1.COCOc1cc(Cl)cnc1-c1cnc(S(C)(=O)=O)nn1. The van der Waals surface area contributed by atoms with Gasteiger partial charge in [-0.1, -0.05) is 23.2 Å². The summed E-state index contributed by atoms with van der Waals surface area (Å²) in [6.45, 7) is 25.3. The predicted molar refractivity (Wildman–Crippen MR) is 423 cm³/mol. The molecule has 41 heteroatoms. The van der Waals surface area contributed by atoms with Crippen LogP contribution in [0.25, 0.3) is 67.8 Å². The van der Waals surface area contributed by atoms with Gasteiger partial charge in [-0.2, -0.15) is 13.9 Å². The number of aromatic amines is 1. The third kappa shape index (κ3) is 24.0. The first-order chi connectivity index (χ1) is 54.9. The molecule has 0 bridgehead atoms. The van der Waals surface area contributed by atoms with Gasteiger partial charge in [-0.3, -0.25) is 5.10 Å². The molecule has 10 aromatic rings. The van der Waals surface area contributed by atoms with Gasteiger partial charge in [0.1, 0.15) is 57.5 Å². The molecular weight excluding hydrogens is 1550 g/mol. The predicted octanol–water partition coefficient (Wildman–Crippen LogP) is 9.23. The van der Waals surface area contributed by atoms with E-state index in [1.807, 2.05) is 0 Å². The lowest BCUT2D eigenvalue weighted by atomic mass is 10.1. The maximum absolute atomic E-state index is 14.8. The summed E-state index contributed by atoms with van der Waals surface area (Å²) in [4.78, 5) is 40.6. The summed E-state index contributed by atoms with van der Waals surface area (Å²) in [6.07, 6.45) is 21.6. The molecule has 4 atom stereocenters. The van der Waals surface area contributed by atoms with Crippen LogP contribution in [-0.4, -0.2) is 243 Å². The van der Waals surface area contributed by atoms with Gasteiger partial charge in [0, 0.05) is 162 Å². The van der Waals surface area contributed by atoms with Crippen LogP contribution in [0.1, 0.15) is 107 Å². The Bertz CT molecular complexity index is 4950. The zero-order valence-electron chi connectivity index (χ0n) is 66.1. The Morgan fingerprint density at radius 2 is 0.939 bits per heavy atom. The number of nitrogens with one attached hydrogen (secondary N) is 4. The third-order valence-electron chi connectivity index (χ3n) is 17.5. The van der Waals surface area contributed by atoms with Gasteiger partial charge in [-0.25, -0.2) is 53.0 Å². The molecule has 36 nitrogen and oxygen atoms in total. The second kappa shape index (κ2) is 38.5. The summed E-state index contributed by atoms with van der Waals surface area (Å²) >= 11 is 11.9. The fourth-order valence-electron chi connectivity index (χ4n) is 12.7. The first kappa shape index (κ1) is 85.6. The molecule has 0 saturated carbocycles. The highest BCUT2D eigenvalue weighted by molar-refractivity contribution is 7.90. The van der Waals surface area contributed by atoms with Gasteiger partial charge >= 0.3 is 0 Å². The first-order valence-corrected chi connectivity index (χ1v) is 39.5. The highest BCUT2D eigenvalue weighted by Crippen LogP contribution is 2.37. The van der Waals surface area contributed by atoms with Crippen molar-refractivity contribution < 1.29 is 55.5 Å². The van der Waals surface area contributed by atoms with Crippen LogP contribution in [0.4, 0.5) is 26.6 Å². The third-order valence-corrected chi connectivity index (χ3v) is 18.8. The lowest BCUT2D eigenvalue weighted by Gasteiger charge is -2.25. The summed E-state index contributed by atoms with van der Waals surface area (Å²) in [5.74, 6) is 1.59. The standard InChI is InChI=1S/C26H35FN8O3.C19H23FN8O.C18H25ClN6O2.C11H11ClN4O4S/c1-26(2,3)30-18-8-9-34(14-18)25-29-13-20(31-32-25)23-21(38-16-36-4)11-17(12-28-23)19-15-35(33-24(19)27)22-7-5-6-10-37-22;1-19(2,3)24-12-4-5-28(10-12)18-22-9-14(25-27-18)16-15(29)6-11(7-21-16)13-8-23-26-17(13)20;1-18(2,3)22-13-5-6-25(10-13)17-21-9-14(23-24-17)16-15(27-11-26-4)7-12(19)8-20-16;1-19-6-20-9-3-7(12)4-13-10(9)8-5-14-11(16-15-8)21(2,17)18/h11-13,15,18,22,30H,5-10,14,16H2,1-4H3;6-9,12,24,29H,4-5,10H2,1-3H3,(H,23,26);7-9,13,22H,5-6,10-11H2,1-4H3;3-5H,6H2,1-2H3/t18-,22?;12-;13-;/m000./s1. The van der Waals surface area contributed by atoms with Gasteiger partial charge in [-0.05, 0) is 113 Å². The quantitative estimate of drug-likeness (QED) is 0.0372. The monoisotopic (exact) mass is 1650 g/mol. The molecule has 0 aliphatic carbocycles. The van der Waals surface area contributed by atoms with Crippen molar-refractivity contribution in [2.24, 2.45) is 0 Å². The molecule has 614 valence electrons. The number of H-pyrrole nitrogens is 1. The average Bonchev–Trinajstić information content (AvgIpc) is 1.75. The first-order valence-electron chi connectivity index (χ1n) is 36.9. The maximum atomic E-state index is 14.8. The van der Waals surface area contributed by atoms with Crippen LogP contribution in [0, 0.1) is 11.9 Å². The zero-order chi connectivity index (χ0) is 82.2. The van der Waals surface area contributed by atoms with E-state index < -0.39 is 21.7 Å². The molecule has 4 fully saturated rings. The van der Waals surface area contributed by atoms with Crippen LogP contribution in [0.5, 0.6) is 23.0 Å². The van der Waals surface area contributed by atoms with Crippen molar-refractivity contribution in [1.82, 2.24) is 117 Å². The number of aromatic hydroxyl groups is 1. The molecule has 0 radical (unpaired) electrons. The van der Waals surface area contributed by atoms with E-state index in [0.717, 1.165) is 84.0 Å². The Morgan fingerprint density at radius 1 is 0.522 bits per heavy atom. The number of hydrogen-bond acceptors (Lipinski definition) is 34. The number of halogens is 4. The number of anilines is 3. The summed E-state index contributed by atoms with van der Waals surface area (Å²) in [6, 6.07) is 7.48. The zero-order valence-corrected chi connectivity index (χ0v) is 68.4. The second-order valence-corrected chi connectivity index (χ2v) is 33.1.